The first kappa shape index (κ1) is 18.0. The molecule has 132 valence electrons. The van der Waals surface area contributed by atoms with Gasteiger partial charge in [-0.25, -0.2) is 4.79 Å². The topological polar surface area (TPSA) is 80.8 Å². The van der Waals surface area contributed by atoms with Gasteiger partial charge in [-0.3, -0.25) is 19.3 Å². The molecule has 2 aromatic rings. The Labute approximate surface area is 157 Å². The van der Waals surface area contributed by atoms with Crippen LogP contribution in [0.3, 0.4) is 0 Å². The Kier molecular flexibility index (Phi) is 4.99. The van der Waals surface area contributed by atoms with Gasteiger partial charge in [0.1, 0.15) is 6.04 Å². The smallest absolute Gasteiger partial charge is 0.329 e. The second-order valence-electron chi connectivity index (χ2n) is 5.74. The first-order valence-electron chi connectivity index (χ1n) is 7.82. The molecule has 0 N–H and O–H groups in total. The third-order valence-electron chi connectivity index (χ3n) is 4.05. The van der Waals surface area contributed by atoms with Gasteiger partial charge in [0, 0.05) is 10.0 Å². The molecule has 1 unspecified atom stereocenters. The van der Waals surface area contributed by atoms with Crippen molar-refractivity contribution in [1.82, 2.24) is 0 Å². The van der Waals surface area contributed by atoms with Crippen molar-refractivity contribution < 1.29 is 23.9 Å². The van der Waals surface area contributed by atoms with Crippen LogP contribution in [0.5, 0.6) is 0 Å². The number of hydrogen-bond donors (Lipinski definition) is 0. The Morgan fingerprint density at radius 3 is 2.50 bits per heavy atom. The molecule has 0 aliphatic carbocycles. The van der Waals surface area contributed by atoms with E-state index in [-0.39, 0.29) is 11.3 Å². The predicted octanol–water partition coefficient (Wildman–Crippen LogP) is 2.79. The Morgan fingerprint density at radius 2 is 1.81 bits per heavy atom. The maximum absolute atomic E-state index is 12.3. The van der Waals surface area contributed by atoms with Gasteiger partial charge in [-0.1, -0.05) is 46.3 Å². The lowest BCUT2D eigenvalue weighted by atomic mass is 10.1. The Balaban J connectivity index is 1.72. The number of carbonyl (C=O) groups is 4. The van der Waals surface area contributed by atoms with Crippen LogP contribution in [-0.2, 0) is 14.3 Å². The standard InChI is InChI=1S/C19H14BrNO5/c1-11(19(25)26-10-16(22)12-5-3-2-4-6-12)21-15-8-7-13(20)9-14(15)17(23)18(21)24/h2-9,11H,10H2,1H3. The van der Waals surface area contributed by atoms with E-state index in [1.165, 1.54) is 13.0 Å². The zero-order chi connectivity index (χ0) is 18.8. The van der Waals surface area contributed by atoms with Crippen molar-refractivity contribution in [2.24, 2.45) is 0 Å². The summed E-state index contributed by atoms with van der Waals surface area (Å²) in [5, 5.41) is 0. The quantitative estimate of drug-likeness (QED) is 0.426. The van der Waals surface area contributed by atoms with Gasteiger partial charge in [-0.15, -0.1) is 0 Å². The summed E-state index contributed by atoms with van der Waals surface area (Å²) >= 11 is 3.25. The number of benzene rings is 2. The van der Waals surface area contributed by atoms with Gasteiger partial charge < -0.3 is 4.74 Å². The van der Waals surface area contributed by atoms with Gasteiger partial charge in [0.05, 0.1) is 11.3 Å². The molecule has 26 heavy (non-hydrogen) atoms. The maximum atomic E-state index is 12.3. The van der Waals surface area contributed by atoms with Crippen LogP contribution in [0.25, 0.3) is 0 Å². The first-order chi connectivity index (χ1) is 12.4. The Morgan fingerprint density at radius 1 is 1.12 bits per heavy atom. The van der Waals surface area contributed by atoms with Crippen LogP contribution in [-0.4, -0.2) is 36.1 Å². The van der Waals surface area contributed by atoms with E-state index in [2.05, 4.69) is 15.9 Å². The van der Waals surface area contributed by atoms with Crippen LogP contribution in [0.15, 0.2) is 53.0 Å². The normalized spacial score (nSPS) is 14.2. The number of ether oxygens (including phenoxy) is 1. The highest BCUT2D eigenvalue weighted by Crippen LogP contribution is 2.33. The number of rotatable bonds is 5. The number of anilines is 1. The van der Waals surface area contributed by atoms with E-state index in [4.69, 9.17) is 4.74 Å². The van der Waals surface area contributed by atoms with E-state index in [1.54, 1.807) is 42.5 Å². The first-order valence-corrected chi connectivity index (χ1v) is 8.61. The lowest BCUT2D eigenvalue weighted by Gasteiger charge is -2.22. The fourth-order valence-electron chi connectivity index (χ4n) is 2.69. The molecule has 6 nitrogen and oxygen atoms in total. The molecule has 0 saturated heterocycles. The number of fused-ring (bicyclic) bond motifs is 1. The minimum absolute atomic E-state index is 0.226. The molecular weight excluding hydrogens is 402 g/mol. The van der Waals surface area contributed by atoms with Crippen molar-refractivity contribution in [3.63, 3.8) is 0 Å². The molecule has 0 saturated carbocycles. The van der Waals surface area contributed by atoms with E-state index in [0.29, 0.717) is 15.7 Å². The Hall–Kier alpha value is -2.80. The molecule has 1 aliphatic rings. The molecule has 1 aliphatic heterocycles. The fourth-order valence-corrected chi connectivity index (χ4v) is 3.05. The third kappa shape index (κ3) is 3.30. The number of esters is 1. The summed E-state index contributed by atoms with van der Waals surface area (Å²) in [7, 11) is 0. The molecule has 0 aromatic heterocycles. The van der Waals surface area contributed by atoms with E-state index in [0.717, 1.165) is 4.90 Å². The number of nitrogens with zero attached hydrogens (tertiary/aromatic N) is 1. The second kappa shape index (κ2) is 7.21. The fraction of sp³-hybridized carbons (Fsp3) is 0.158. The summed E-state index contributed by atoms with van der Waals surface area (Å²) < 4.78 is 5.71. The summed E-state index contributed by atoms with van der Waals surface area (Å²) in [4.78, 5) is 49.8. The van der Waals surface area contributed by atoms with Crippen molar-refractivity contribution in [3.05, 3.63) is 64.1 Å². The summed E-state index contributed by atoms with van der Waals surface area (Å²) in [6.07, 6.45) is 0. The SMILES string of the molecule is CC(C(=O)OCC(=O)c1ccccc1)N1C(=O)C(=O)c2cc(Br)ccc21. The number of carbonyl (C=O) groups excluding carboxylic acids is 4. The molecular formula is C19H14BrNO5. The van der Waals surface area contributed by atoms with Crippen LogP contribution < -0.4 is 4.90 Å². The van der Waals surface area contributed by atoms with Gasteiger partial charge in [0.15, 0.2) is 12.4 Å². The van der Waals surface area contributed by atoms with Crippen molar-refractivity contribution in [2.45, 2.75) is 13.0 Å². The van der Waals surface area contributed by atoms with Gasteiger partial charge in [-0.2, -0.15) is 0 Å². The van der Waals surface area contributed by atoms with Crippen LogP contribution >= 0.6 is 15.9 Å². The molecule has 2 aromatic carbocycles. The third-order valence-corrected chi connectivity index (χ3v) is 4.54. The van der Waals surface area contributed by atoms with Gasteiger partial charge in [0.2, 0.25) is 0 Å². The van der Waals surface area contributed by atoms with Crippen molar-refractivity contribution in [3.8, 4) is 0 Å². The van der Waals surface area contributed by atoms with Gasteiger partial charge in [0.25, 0.3) is 11.7 Å². The molecule has 0 fully saturated rings. The summed E-state index contributed by atoms with van der Waals surface area (Å²) in [5.74, 6) is -2.58. The van der Waals surface area contributed by atoms with Crippen molar-refractivity contribution >= 4 is 45.1 Å². The summed E-state index contributed by atoms with van der Waals surface area (Å²) in [6.45, 7) is 1.02. The lowest BCUT2D eigenvalue weighted by Crippen LogP contribution is -2.43. The van der Waals surface area contributed by atoms with E-state index < -0.39 is 30.3 Å². The van der Waals surface area contributed by atoms with Crippen LogP contribution in [0, 0.1) is 0 Å². The molecule has 0 spiro atoms. The van der Waals surface area contributed by atoms with Crippen LogP contribution in [0.2, 0.25) is 0 Å². The molecule has 1 amide bonds. The monoisotopic (exact) mass is 415 g/mol. The van der Waals surface area contributed by atoms with Crippen LogP contribution in [0.4, 0.5) is 5.69 Å². The zero-order valence-corrected chi connectivity index (χ0v) is 15.4. The number of Topliss-reactive ketones (excluding diaryl/α,β-unsaturated/α-hetero) is 2. The predicted molar refractivity (Wildman–Crippen MR) is 97.2 cm³/mol. The second-order valence-corrected chi connectivity index (χ2v) is 6.65. The molecule has 1 atom stereocenters. The zero-order valence-electron chi connectivity index (χ0n) is 13.8. The largest absolute Gasteiger partial charge is 0.456 e. The minimum Gasteiger partial charge on any atom is -0.456 e. The molecule has 1 heterocycles. The number of amides is 1. The summed E-state index contributed by atoms with van der Waals surface area (Å²) in [6, 6.07) is 12.2. The average molecular weight is 416 g/mol. The number of ketones is 2. The highest BCUT2D eigenvalue weighted by molar-refractivity contribution is 9.10. The van der Waals surface area contributed by atoms with Gasteiger partial charge >= 0.3 is 5.97 Å². The highest BCUT2D eigenvalue weighted by atomic mass is 79.9. The molecule has 0 bridgehead atoms. The van der Waals surface area contributed by atoms with Gasteiger partial charge in [-0.05, 0) is 25.1 Å². The highest BCUT2D eigenvalue weighted by Gasteiger charge is 2.41. The summed E-state index contributed by atoms with van der Waals surface area (Å²) in [5.41, 5.74) is 1.00. The van der Waals surface area contributed by atoms with E-state index >= 15 is 0 Å². The van der Waals surface area contributed by atoms with E-state index in [9.17, 15) is 19.2 Å². The average Bonchev–Trinajstić information content (AvgIpc) is 2.90. The van der Waals surface area contributed by atoms with Crippen molar-refractivity contribution in [1.29, 1.82) is 0 Å². The van der Waals surface area contributed by atoms with Crippen LogP contribution in [0.1, 0.15) is 27.6 Å². The number of hydrogen-bond acceptors (Lipinski definition) is 5. The maximum Gasteiger partial charge on any atom is 0.329 e. The Bertz CT molecular complexity index is 909. The van der Waals surface area contributed by atoms with Crippen molar-refractivity contribution in [2.75, 3.05) is 11.5 Å². The number of halogens is 1. The lowest BCUT2D eigenvalue weighted by molar-refractivity contribution is -0.144. The molecule has 0 radical (unpaired) electrons. The van der Waals surface area contributed by atoms with E-state index in [1.807, 2.05) is 0 Å². The molecule has 7 heteroatoms. The molecule has 3 rings (SSSR count). The minimum atomic E-state index is -1.03.